The molecule has 4 nitrogen and oxygen atoms in total. The summed E-state index contributed by atoms with van der Waals surface area (Å²) in [5.74, 6) is 1.01. The Morgan fingerprint density at radius 1 is 1.19 bits per heavy atom. The number of hydrogen-bond donors (Lipinski definition) is 1. The van der Waals surface area contributed by atoms with Gasteiger partial charge in [-0.3, -0.25) is 0 Å². The van der Waals surface area contributed by atoms with Crippen LogP contribution in [0.3, 0.4) is 0 Å². The molecule has 0 saturated heterocycles. The molecule has 0 saturated carbocycles. The van der Waals surface area contributed by atoms with E-state index < -0.39 is 0 Å². The Bertz CT molecular complexity index is 638. The Kier molecular flexibility index (Phi) is 4.53. The number of nitrogens with zero attached hydrogens (tertiary/aromatic N) is 2. The predicted molar refractivity (Wildman–Crippen MR) is 87.8 cm³/mol. The Hall–Kier alpha value is -2.01. The first kappa shape index (κ1) is 15.4. The smallest absolute Gasteiger partial charge is 0.248 e. The summed E-state index contributed by atoms with van der Waals surface area (Å²) in [5.41, 5.74) is 7.43. The molecule has 0 aliphatic rings. The second kappa shape index (κ2) is 6.18. The second-order valence-corrected chi connectivity index (χ2v) is 5.88. The third-order valence-electron chi connectivity index (χ3n) is 3.63. The third-order valence-corrected chi connectivity index (χ3v) is 3.83. The molecule has 0 unspecified atom stereocenters. The number of thiocarbonyl (C=S) groups is 1. The zero-order chi connectivity index (χ0) is 15.5. The highest BCUT2D eigenvalue weighted by Gasteiger charge is 2.18. The van der Waals surface area contributed by atoms with E-state index in [1.54, 1.807) is 6.20 Å². The van der Waals surface area contributed by atoms with Crippen LogP contribution < -0.4 is 10.5 Å². The average Bonchev–Trinajstić information content (AvgIpc) is 2.48. The molecule has 2 N–H and O–H groups in total. The summed E-state index contributed by atoms with van der Waals surface area (Å²) < 4.78 is 5.73. The van der Waals surface area contributed by atoms with Crippen molar-refractivity contribution in [3.63, 3.8) is 0 Å². The van der Waals surface area contributed by atoms with Gasteiger partial charge >= 0.3 is 0 Å². The lowest BCUT2D eigenvalue weighted by atomic mass is 9.82. The minimum absolute atomic E-state index is 0.148. The van der Waals surface area contributed by atoms with Gasteiger partial charge in [0.15, 0.2) is 5.69 Å². The topological polar surface area (TPSA) is 61.0 Å². The molecule has 0 bridgehead atoms. The molecule has 5 heteroatoms. The molecule has 0 amide bonds. The molecule has 0 aliphatic carbocycles. The van der Waals surface area contributed by atoms with Gasteiger partial charge in [-0.05, 0) is 29.5 Å². The third kappa shape index (κ3) is 3.55. The first-order chi connectivity index (χ1) is 9.94. The quantitative estimate of drug-likeness (QED) is 0.855. The van der Waals surface area contributed by atoms with Crippen molar-refractivity contribution < 1.29 is 4.74 Å². The number of rotatable bonds is 5. The molecule has 1 aromatic carbocycles. The van der Waals surface area contributed by atoms with E-state index in [2.05, 4.69) is 42.9 Å². The van der Waals surface area contributed by atoms with Crippen LogP contribution in [0.4, 0.5) is 0 Å². The van der Waals surface area contributed by atoms with Crippen LogP contribution in [0.1, 0.15) is 38.4 Å². The van der Waals surface area contributed by atoms with Gasteiger partial charge in [0.25, 0.3) is 0 Å². The minimum Gasteiger partial charge on any atom is -0.437 e. The van der Waals surface area contributed by atoms with Crippen LogP contribution in [0.15, 0.2) is 36.7 Å². The van der Waals surface area contributed by atoms with Crippen LogP contribution in [0.25, 0.3) is 0 Å². The molecule has 0 fully saturated rings. The monoisotopic (exact) mass is 301 g/mol. The molecule has 0 spiro atoms. The van der Waals surface area contributed by atoms with Crippen molar-refractivity contribution in [1.82, 2.24) is 9.97 Å². The normalized spacial score (nSPS) is 11.2. The zero-order valence-electron chi connectivity index (χ0n) is 12.5. The van der Waals surface area contributed by atoms with Crippen molar-refractivity contribution in [2.24, 2.45) is 5.73 Å². The van der Waals surface area contributed by atoms with Crippen molar-refractivity contribution in [2.45, 2.75) is 32.6 Å². The van der Waals surface area contributed by atoms with Crippen LogP contribution in [-0.4, -0.2) is 15.0 Å². The summed E-state index contributed by atoms with van der Waals surface area (Å²) in [4.78, 5) is 8.39. The van der Waals surface area contributed by atoms with Crippen molar-refractivity contribution in [3.8, 4) is 11.6 Å². The van der Waals surface area contributed by atoms with E-state index in [0.717, 1.165) is 6.42 Å². The molecule has 110 valence electrons. The van der Waals surface area contributed by atoms with Gasteiger partial charge in [0.1, 0.15) is 10.7 Å². The highest BCUT2D eigenvalue weighted by Crippen LogP contribution is 2.29. The van der Waals surface area contributed by atoms with Gasteiger partial charge in [-0.25, -0.2) is 9.97 Å². The molecule has 0 aliphatic heterocycles. The van der Waals surface area contributed by atoms with Crippen LogP contribution in [0, 0.1) is 0 Å². The molecule has 1 heterocycles. The second-order valence-electron chi connectivity index (χ2n) is 5.44. The number of aromatic nitrogens is 2. The Balaban J connectivity index is 2.24. The lowest BCUT2D eigenvalue weighted by molar-refractivity contribution is 0.456. The van der Waals surface area contributed by atoms with Crippen LogP contribution in [0.5, 0.6) is 11.6 Å². The standard InChI is InChI=1S/C16H19N3OS/c1-4-16(2,3)11-5-7-12(8-6-11)20-15-13(14(17)21)18-9-10-19-15/h5-10H,4H2,1-3H3,(H2,17,21). The highest BCUT2D eigenvalue weighted by molar-refractivity contribution is 7.80. The van der Waals surface area contributed by atoms with Crippen molar-refractivity contribution in [2.75, 3.05) is 0 Å². The summed E-state index contributed by atoms with van der Waals surface area (Å²) in [7, 11) is 0. The largest absolute Gasteiger partial charge is 0.437 e. The molecular weight excluding hydrogens is 282 g/mol. The van der Waals surface area contributed by atoms with Gasteiger partial charge < -0.3 is 10.5 Å². The molecule has 21 heavy (non-hydrogen) atoms. The molecule has 2 rings (SSSR count). The van der Waals surface area contributed by atoms with Gasteiger partial charge in [0, 0.05) is 12.4 Å². The zero-order valence-corrected chi connectivity index (χ0v) is 13.3. The summed E-state index contributed by atoms with van der Waals surface area (Å²) in [6, 6.07) is 7.97. The average molecular weight is 301 g/mol. The number of benzene rings is 1. The summed E-state index contributed by atoms with van der Waals surface area (Å²) in [5, 5.41) is 0. The predicted octanol–water partition coefficient (Wildman–Crippen LogP) is 3.59. The van der Waals surface area contributed by atoms with Crippen molar-refractivity contribution >= 4 is 17.2 Å². The molecule has 0 atom stereocenters. The van der Waals surface area contributed by atoms with Crippen LogP contribution in [-0.2, 0) is 5.41 Å². The van der Waals surface area contributed by atoms with Crippen LogP contribution >= 0.6 is 12.2 Å². The summed E-state index contributed by atoms with van der Waals surface area (Å²) >= 11 is 4.95. The van der Waals surface area contributed by atoms with Crippen LogP contribution in [0.2, 0.25) is 0 Å². The van der Waals surface area contributed by atoms with E-state index in [1.165, 1.54) is 11.8 Å². The van der Waals surface area contributed by atoms with E-state index in [1.807, 2.05) is 12.1 Å². The van der Waals surface area contributed by atoms with Crippen molar-refractivity contribution in [3.05, 3.63) is 47.9 Å². The van der Waals surface area contributed by atoms with E-state index >= 15 is 0 Å². The highest BCUT2D eigenvalue weighted by atomic mass is 32.1. The summed E-state index contributed by atoms with van der Waals surface area (Å²) in [6.07, 6.45) is 4.16. The maximum Gasteiger partial charge on any atom is 0.248 e. The number of hydrogen-bond acceptors (Lipinski definition) is 4. The van der Waals surface area contributed by atoms with Gasteiger partial charge in [-0.1, -0.05) is 45.1 Å². The summed E-state index contributed by atoms with van der Waals surface area (Å²) in [6.45, 7) is 6.62. The first-order valence-corrected chi connectivity index (χ1v) is 7.24. The van der Waals surface area contributed by atoms with Gasteiger partial charge in [0.05, 0.1) is 0 Å². The van der Waals surface area contributed by atoms with Gasteiger partial charge in [-0.2, -0.15) is 0 Å². The lowest BCUT2D eigenvalue weighted by Gasteiger charge is -2.23. The fourth-order valence-corrected chi connectivity index (χ4v) is 2.00. The van der Waals surface area contributed by atoms with E-state index in [-0.39, 0.29) is 10.4 Å². The SMILES string of the molecule is CCC(C)(C)c1ccc(Oc2nccnc2C(N)=S)cc1. The number of ether oxygens (including phenoxy) is 1. The number of nitrogens with two attached hydrogens (primary N) is 1. The lowest BCUT2D eigenvalue weighted by Crippen LogP contribution is -2.15. The molecule has 1 aromatic heterocycles. The van der Waals surface area contributed by atoms with E-state index in [0.29, 0.717) is 17.3 Å². The molecule has 0 radical (unpaired) electrons. The Labute approximate surface area is 130 Å². The molecule has 2 aromatic rings. The maximum absolute atomic E-state index is 5.73. The Morgan fingerprint density at radius 3 is 2.38 bits per heavy atom. The van der Waals surface area contributed by atoms with E-state index in [9.17, 15) is 0 Å². The maximum atomic E-state index is 5.73. The van der Waals surface area contributed by atoms with Crippen molar-refractivity contribution in [1.29, 1.82) is 0 Å². The fraction of sp³-hybridized carbons (Fsp3) is 0.312. The molecular formula is C16H19N3OS. The van der Waals surface area contributed by atoms with E-state index in [4.69, 9.17) is 22.7 Å². The first-order valence-electron chi connectivity index (χ1n) is 6.83. The fourth-order valence-electron chi connectivity index (χ4n) is 1.86. The Morgan fingerprint density at radius 2 is 1.81 bits per heavy atom. The van der Waals surface area contributed by atoms with Gasteiger partial charge in [-0.15, -0.1) is 0 Å². The van der Waals surface area contributed by atoms with Gasteiger partial charge in [0.2, 0.25) is 5.88 Å². The minimum atomic E-state index is 0.148.